The second-order valence-electron chi connectivity index (χ2n) is 8.66. The highest BCUT2D eigenvalue weighted by molar-refractivity contribution is 7.16. The van der Waals surface area contributed by atoms with Gasteiger partial charge in [-0.2, -0.15) is 5.10 Å². The minimum atomic E-state index is -0.439. The summed E-state index contributed by atoms with van der Waals surface area (Å²) in [5, 5.41) is 7.28. The quantitative estimate of drug-likeness (QED) is 0.338. The van der Waals surface area contributed by atoms with E-state index in [0.717, 1.165) is 28.4 Å². The van der Waals surface area contributed by atoms with Crippen molar-refractivity contribution in [2.24, 2.45) is 0 Å². The van der Waals surface area contributed by atoms with E-state index in [-0.39, 0.29) is 5.57 Å². The molecular weight excluding hydrogens is 446 g/mol. The second kappa shape index (κ2) is 8.53. The molecule has 6 rings (SSSR count). The van der Waals surface area contributed by atoms with Crippen LogP contribution in [0.15, 0.2) is 66.2 Å². The monoisotopic (exact) mass is 469 g/mol. The van der Waals surface area contributed by atoms with Crippen molar-refractivity contribution in [3.05, 3.63) is 76.9 Å². The SMILES string of the molecule is O=C1NN(c2ccccc2)C(=O)/C1=C/c1c(-c2ccccc2)nc2sc(C3CCCCC3)nn12. The number of carbonyl (C=O) groups excluding carboxylic acids is 2. The molecule has 0 radical (unpaired) electrons. The predicted octanol–water partition coefficient (Wildman–Crippen LogP) is 4.97. The summed E-state index contributed by atoms with van der Waals surface area (Å²) in [6.07, 6.45) is 7.65. The molecular formula is C26H23N5O2S. The average Bonchev–Trinajstić information content (AvgIpc) is 3.54. The number of benzene rings is 2. The van der Waals surface area contributed by atoms with Gasteiger partial charge in [-0.25, -0.2) is 14.5 Å². The molecule has 2 fully saturated rings. The van der Waals surface area contributed by atoms with Gasteiger partial charge in [0.1, 0.15) is 10.6 Å². The standard InChI is InChI=1S/C26H23N5O2S/c32-23-20(25(33)30(28-23)19-14-8-3-9-15-19)16-21-22(17-10-4-1-5-11-17)27-26-31(21)29-24(34-26)18-12-6-2-7-13-18/h1,3-5,8-11,14-16,18H,2,6-7,12-13H2,(H,28,32)/b20-16+. The van der Waals surface area contributed by atoms with Gasteiger partial charge in [-0.05, 0) is 31.1 Å². The van der Waals surface area contributed by atoms with Crippen LogP contribution in [0.3, 0.4) is 0 Å². The van der Waals surface area contributed by atoms with Gasteiger partial charge in [0, 0.05) is 11.5 Å². The zero-order valence-corrected chi connectivity index (χ0v) is 19.3. The maximum atomic E-state index is 13.2. The molecule has 2 aromatic carbocycles. The molecule has 1 saturated carbocycles. The van der Waals surface area contributed by atoms with E-state index in [1.165, 1.54) is 24.3 Å². The number of hydrogen-bond acceptors (Lipinski definition) is 5. The van der Waals surface area contributed by atoms with Gasteiger partial charge in [-0.15, -0.1) is 0 Å². The van der Waals surface area contributed by atoms with E-state index in [1.807, 2.05) is 48.5 Å². The third kappa shape index (κ3) is 3.60. The Morgan fingerprint density at radius 2 is 1.65 bits per heavy atom. The Labute approximate surface area is 200 Å². The molecule has 3 heterocycles. The summed E-state index contributed by atoms with van der Waals surface area (Å²) < 4.78 is 1.80. The van der Waals surface area contributed by atoms with Crippen LogP contribution >= 0.6 is 11.3 Å². The first-order valence-electron chi connectivity index (χ1n) is 11.6. The van der Waals surface area contributed by atoms with Gasteiger partial charge in [0.15, 0.2) is 0 Å². The summed E-state index contributed by atoms with van der Waals surface area (Å²) >= 11 is 1.61. The minimum Gasteiger partial charge on any atom is -0.267 e. The van der Waals surface area contributed by atoms with E-state index >= 15 is 0 Å². The van der Waals surface area contributed by atoms with Crippen LogP contribution in [0.2, 0.25) is 0 Å². The van der Waals surface area contributed by atoms with E-state index in [0.29, 0.717) is 23.0 Å². The number of hydrogen-bond donors (Lipinski definition) is 1. The fourth-order valence-electron chi connectivity index (χ4n) is 4.68. The zero-order chi connectivity index (χ0) is 23.1. The Hall–Kier alpha value is -3.78. The van der Waals surface area contributed by atoms with Crippen LogP contribution in [-0.2, 0) is 9.59 Å². The number of anilines is 1. The molecule has 2 aromatic heterocycles. The fraction of sp³-hybridized carbons (Fsp3) is 0.231. The van der Waals surface area contributed by atoms with Crippen molar-refractivity contribution in [1.29, 1.82) is 0 Å². The third-order valence-electron chi connectivity index (χ3n) is 6.44. The van der Waals surface area contributed by atoms with E-state index < -0.39 is 11.8 Å². The normalized spacial score (nSPS) is 18.2. The first kappa shape index (κ1) is 20.8. The van der Waals surface area contributed by atoms with Gasteiger partial charge in [-0.3, -0.25) is 15.0 Å². The molecule has 0 bridgehead atoms. The molecule has 34 heavy (non-hydrogen) atoms. The molecule has 0 atom stereocenters. The first-order valence-corrected chi connectivity index (χ1v) is 12.4. The topological polar surface area (TPSA) is 79.6 Å². The number of rotatable bonds is 4. The highest BCUT2D eigenvalue weighted by Gasteiger charge is 2.35. The smallest absolute Gasteiger partial charge is 0.267 e. The molecule has 1 aliphatic heterocycles. The van der Waals surface area contributed by atoms with Crippen molar-refractivity contribution >= 4 is 39.9 Å². The van der Waals surface area contributed by atoms with Crippen LogP contribution in [0.25, 0.3) is 22.3 Å². The van der Waals surface area contributed by atoms with Crippen LogP contribution in [0.4, 0.5) is 5.69 Å². The highest BCUT2D eigenvalue weighted by atomic mass is 32.1. The van der Waals surface area contributed by atoms with Crippen molar-refractivity contribution in [1.82, 2.24) is 20.0 Å². The van der Waals surface area contributed by atoms with Crippen molar-refractivity contribution < 1.29 is 9.59 Å². The summed E-state index contributed by atoms with van der Waals surface area (Å²) in [7, 11) is 0. The van der Waals surface area contributed by atoms with Crippen LogP contribution < -0.4 is 10.4 Å². The Morgan fingerprint density at radius 1 is 0.941 bits per heavy atom. The molecule has 8 heteroatoms. The van der Waals surface area contributed by atoms with Gasteiger partial charge < -0.3 is 0 Å². The van der Waals surface area contributed by atoms with Gasteiger partial charge in [0.25, 0.3) is 11.8 Å². The Bertz CT molecular complexity index is 1400. The van der Waals surface area contributed by atoms with Gasteiger partial charge >= 0.3 is 0 Å². The lowest BCUT2D eigenvalue weighted by Gasteiger charge is -2.18. The molecule has 170 valence electrons. The number of fused-ring (bicyclic) bond motifs is 1. The number of nitrogens with one attached hydrogen (secondary N) is 1. The lowest BCUT2D eigenvalue weighted by Crippen LogP contribution is -2.35. The molecule has 1 N–H and O–H groups in total. The van der Waals surface area contributed by atoms with E-state index in [4.69, 9.17) is 10.1 Å². The summed E-state index contributed by atoms with van der Waals surface area (Å²) in [6, 6.07) is 18.9. The number of carbonyl (C=O) groups is 2. The second-order valence-corrected chi connectivity index (χ2v) is 9.64. The van der Waals surface area contributed by atoms with Crippen LogP contribution in [-0.4, -0.2) is 26.4 Å². The number of amides is 2. The van der Waals surface area contributed by atoms with Crippen molar-refractivity contribution in [3.63, 3.8) is 0 Å². The van der Waals surface area contributed by atoms with Gasteiger partial charge in [-0.1, -0.05) is 79.1 Å². The maximum Gasteiger partial charge on any atom is 0.282 e. The van der Waals surface area contributed by atoms with Crippen LogP contribution in [0, 0.1) is 0 Å². The Balaban J connectivity index is 1.46. The summed E-state index contributed by atoms with van der Waals surface area (Å²) in [6.45, 7) is 0. The van der Waals surface area contributed by atoms with Crippen molar-refractivity contribution in [2.45, 2.75) is 38.0 Å². The van der Waals surface area contributed by atoms with Gasteiger partial charge in [0.2, 0.25) is 4.96 Å². The molecule has 1 saturated heterocycles. The Morgan fingerprint density at radius 3 is 2.38 bits per heavy atom. The minimum absolute atomic E-state index is 0.0649. The van der Waals surface area contributed by atoms with E-state index in [1.54, 1.807) is 34.1 Å². The van der Waals surface area contributed by atoms with Gasteiger partial charge in [0.05, 0.1) is 17.1 Å². The molecule has 0 unspecified atom stereocenters. The lowest BCUT2D eigenvalue weighted by atomic mass is 9.90. The lowest BCUT2D eigenvalue weighted by molar-refractivity contribution is -0.117. The van der Waals surface area contributed by atoms with Crippen molar-refractivity contribution in [3.8, 4) is 11.3 Å². The molecule has 1 aliphatic carbocycles. The zero-order valence-electron chi connectivity index (χ0n) is 18.5. The first-order chi connectivity index (χ1) is 16.7. The van der Waals surface area contributed by atoms with E-state index in [2.05, 4.69) is 5.43 Å². The van der Waals surface area contributed by atoms with Crippen LogP contribution in [0.1, 0.15) is 48.7 Å². The number of imidazole rings is 1. The average molecular weight is 470 g/mol. The number of aromatic nitrogens is 3. The molecule has 4 aromatic rings. The summed E-state index contributed by atoms with van der Waals surface area (Å²) in [4.78, 5) is 31.7. The summed E-state index contributed by atoms with van der Waals surface area (Å²) in [5.41, 5.74) is 5.62. The molecule has 7 nitrogen and oxygen atoms in total. The largest absolute Gasteiger partial charge is 0.282 e. The molecule has 0 spiro atoms. The van der Waals surface area contributed by atoms with E-state index in [9.17, 15) is 9.59 Å². The molecule has 2 amide bonds. The molecule has 2 aliphatic rings. The number of hydrazine groups is 1. The van der Waals surface area contributed by atoms with Crippen LogP contribution in [0.5, 0.6) is 0 Å². The Kier molecular flexibility index (Phi) is 5.22. The summed E-state index contributed by atoms with van der Waals surface area (Å²) in [5.74, 6) is -0.385. The fourth-order valence-corrected chi connectivity index (χ4v) is 5.76. The predicted molar refractivity (Wildman–Crippen MR) is 132 cm³/mol. The number of para-hydroxylation sites is 1. The maximum absolute atomic E-state index is 13.2. The third-order valence-corrected chi connectivity index (χ3v) is 7.51. The number of nitrogens with zero attached hydrogens (tertiary/aromatic N) is 4. The highest BCUT2D eigenvalue weighted by Crippen LogP contribution is 2.37. The van der Waals surface area contributed by atoms with Crippen molar-refractivity contribution in [2.75, 3.05) is 5.01 Å².